The molecule has 0 saturated carbocycles. The van der Waals surface area contributed by atoms with E-state index in [1.807, 2.05) is 25.7 Å². The van der Waals surface area contributed by atoms with Gasteiger partial charge < -0.3 is 24.0 Å². The number of anilines is 1. The number of pyridine rings is 1. The Hall–Kier alpha value is -2.66. The van der Waals surface area contributed by atoms with Crippen LogP contribution in [0, 0.1) is 5.82 Å². The van der Waals surface area contributed by atoms with E-state index in [1.165, 1.54) is 0 Å². The zero-order valence-corrected chi connectivity index (χ0v) is 23.1. The lowest BCUT2D eigenvalue weighted by molar-refractivity contribution is 0.0612. The van der Waals surface area contributed by atoms with Gasteiger partial charge in [0.25, 0.3) is 0 Å². The van der Waals surface area contributed by atoms with Gasteiger partial charge in [0.2, 0.25) is 5.88 Å². The smallest absolute Gasteiger partial charge is 0.410 e. The summed E-state index contributed by atoms with van der Waals surface area (Å²) >= 11 is 6.11. The van der Waals surface area contributed by atoms with Gasteiger partial charge >= 0.3 is 12.1 Å². The van der Waals surface area contributed by atoms with E-state index in [-0.39, 0.29) is 40.7 Å². The van der Waals surface area contributed by atoms with Crippen LogP contribution in [0.25, 0.3) is 10.9 Å². The van der Waals surface area contributed by atoms with E-state index in [0.717, 1.165) is 51.6 Å². The molecule has 4 aliphatic rings. The van der Waals surface area contributed by atoms with Crippen molar-refractivity contribution in [3.63, 3.8) is 0 Å². The number of aromatic nitrogens is 3. The van der Waals surface area contributed by atoms with Crippen LogP contribution in [0.2, 0.25) is 5.15 Å². The highest BCUT2D eigenvalue weighted by Gasteiger charge is 2.45. The molecule has 3 saturated heterocycles. The van der Waals surface area contributed by atoms with Gasteiger partial charge in [0.1, 0.15) is 17.5 Å². The molecule has 208 valence electrons. The highest BCUT2D eigenvalue weighted by Crippen LogP contribution is 2.43. The lowest BCUT2D eigenvalue weighted by atomic mass is 9.95. The average molecular weight is 551 g/mol. The fourth-order valence-electron chi connectivity index (χ4n) is 5.88. The van der Waals surface area contributed by atoms with Crippen LogP contribution in [0.3, 0.4) is 0 Å². The molecule has 6 heterocycles. The summed E-state index contributed by atoms with van der Waals surface area (Å²) in [7, 11) is 0. The number of hydrogen-bond donors (Lipinski definition) is 0. The number of halogens is 2. The van der Waals surface area contributed by atoms with Gasteiger partial charge in [0, 0.05) is 13.1 Å². The van der Waals surface area contributed by atoms with E-state index in [2.05, 4.69) is 14.9 Å². The summed E-state index contributed by atoms with van der Waals surface area (Å²) in [6, 6.07) is 0.111. The van der Waals surface area contributed by atoms with Gasteiger partial charge in [-0.15, -0.1) is 0 Å². The Morgan fingerprint density at radius 2 is 1.92 bits per heavy atom. The average Bonchev–Trinajstić information content (AvgIpc) is 3.52. The number of piperazine rings is 1. The zero-order chi connectivity index (χ0) is 26.9. The summed E-state index contributed by atoms with van der Waals surface area (Å²) in [6.45, 7) is 10.1. The van der Waals surface area contributed by atoms with Crippen molar-refractivity contribution >= 4 is 34.4 Å². The van der Waals surface area contributed by atoms with Crippen LogP contribution < -0.4 is 14.4 Å². The normalized spacial score (nSPS) is 21.3. The molecule has 10 nitrogen and oxygen atoms in total. The quantitative estimate of drug-likeness (QED) is 0.377. The molecule has 3 fully saturated rings. The second kappa shape index (κ2) is 11.2. The number of unbranched alkanes of at least 4 members (excludes halogenated alkanes) is 1. The van der Waals surface area contributed by atoms with Crippen molar-refractivity contribution in [2.75, 3.05) is 50.8 Å². The van der Waals surface area contributed by atoms with Crippen LogP contribution in [0.5, 0.6) is 11.9 Å². The van der Waals surface area contributed by atoms with Gasteiger partial charge in [0.05, 0.1) is 18.7 Å². The summed E-state index contributed by atoms with van der Waals surface area (Å²) in [4.78, 5) is 31.7. The van der Waals surface area contributed by atoms with E-state index in [9.17, 15) is 4.79 Å². The van der Waals surface area contributed by atoms with Crippen molar-refractivity contribution in [2.45, 2.75) is 71.1 Å². The van der Waals surface area contributed by atoms with Crippen molar-refractivity contribution < 1.29 is 23.4 Å². The predicted octanol–water partition coefficient (Wildman–Crippen LogP) is 4.63. The minimum Gasteiger partial charge on any atom is -0.461 e. The molecule has 2 aromatic heterocycles. The minimum absolute atomic E-state index is 0.00452. The Balaban J connectivity index is 0.00000144. The first kappa shape index (κ1) is 26.9. The molecular weight excluding hydrogens is 515 g/mol. The van der Waals surface area contributed by atoms with Gasteiger partial charge in [-0.3, -0.25) is 4.90 Å². The SMILES string of the molecule is CC.CCCCOC(=O)N1CCN2c3nc(OCC45CCCN4CCC5)nc4c(F)c(Cl)nc(c34)OC2C1. The first-order valence-corrected chi connectivity index (χ1v) is 14.2. The van der Waals surface area contributed by atoms with Crippen molar-refractivity contribution in [3.8, 4) is 11.9 Å². The molecular formula is C26H36ClFN6O4. The molecule has 38 heavy (non-hydrogen) atoms. The fraction of sp³-hybridized carbons (Fsp3) is 0.692. The standard InChI is InChI=1S/C24H30ClFN6O4.C2H6/c1-2-3-12-34-23(33)30-10-11-32-15(13-30)36-21-16-18(17(26)19(25)28-21)27-22(29-20(16)32)35-14-24-6-4-8-31(24)9-5-7-24;1-2/h15H,2-14H2,1H3;1-2H3. The maximum Gasteiger partial charge on any atom is 0.410 e. The Kier molecular flexibility index (Phi) is 7.95. The molecule has 0 bridgehead atoms. The Bertz CT molecular complexity index is 1180. The summed E-state index contributed by atoms with van der Waals surface area (Å²) in [5, 5.41) is 0.0329. The number of hydrogen-bond acceptors (Lipinski definition) is 9. The minimum atomic E-state index is -0.731. The number of rotatable bonds is 6. The number of nitrogens with zero attached hydrogens (tertiary/aromatic N) is 6. The van der Waals surface area contributed by atoms with Gasteiger partial charge in [-0.1, -0.05) is 38.8 Å². The monoisotopic (exact) mass is 550 g/mol. The molecule has 0 radical (unpaired) electrons. The Morgan fingerprint density at radius 1 is 1.16 bits per heavy atom. The van der Waals surface area contributed by atoms with Crippen molar-refractivity contribution in [1.82, 2.24) is 24.8 Å². The summed E-state index contributed by atoms with van der Waals surface area (Å²) in [5.41, 5.74) is 0.0296. The van der Waals surface area contributed by atoms with Gasteiger partial charge in [-0.25, -0.2) is 9.18 Å². The van der Waals surface area contributed by atoms with Gasteiger partial charge in [0.15, 0.2) is 23.0 Å². The van der Waals surface area contributed by atoms with E-state index < -0.39 is 12.0 Å². The molecule has 0 aromatic carbocycles. The van der Waals surface area contributed by atoms with Crippen LogP contribution in [0.1, 0.15) is 59.3 Å². The second-order valence-electron chi connectivity index (χ2n) is 9.96. The van der Waals surface area contributed by atoms with Crippen LogP contribution in [-0.4, -0.2) is 88.5 Å². The van der Waals surface area contributed by atoms with Crippen molar-refractivity contribution in [1.29, 1.82) is 0 Å². The van der Waals surface area contributed by atoms with E-state index in [0.29, 0.717) is 37.5 Å². The van der Waals surface area contributed by atoms with Crippen LogP contribution in [0.15, 0.2) is 0 Å². The lowest BCUT2D eigenvalue weighted by Gasteiger charge is -2.43. The molecule has 2 aromatic rings. The molecule has 0 spiro atoms. The van der Waals surface area contributed by atoms with Gasteiger partial charge in [-0.2, -0.15) is 15.0 Å². The summed E-state index contributed by atoms with van der Waals surface area (Å²) in [6.07, 6.45) is 5.27. The second-order valence-corrected chi connectivity index (χ2v) is 10.3. The fourth-order valence-corrected chi connectivity index (χ4v) is 6.04. The topological polar surface area (TPSA) is 93.2 Å². The predicted molar refractivity (Wildman–Crippen MR) is 142 cm³/mol. The molecule has 0 N–H and O–H groups in total. The van der Waals surface area contributed by atoms with E-state index in [1.54, 1.807) is 4.90 Å². The molecule has 1 unspecified atom stereocenters. The third-order valence-electron chi connectivity index (χ3n) is 7.79. The van der Waals surface area contributed by atoms with Crippen LogP contribution in [0.4, 0.5) is 15.0 Å². The molecule has 12 heteroatoms. The number of carbonyl (C=O) groups is 1. The Morgan fingerprint density at radius 3 is 2.66 bits per heavy atom. The number of fused-ring (bicyclic) bond motifs is 3. The third kappa shape index (κ3) is 4.79. The molecule has 1 atom stereocenters. The van der Waals surface area contributed by atoms with E-state index >= 15 is 4.39 Å². The number of carbonyl (C=O) groups excluding carboxylic acids is 1. The maximum absolute atomic E-state index is 15.1. The maximum atomic E-state index is 15.1. The number of amides is 1. The third-order valence-corrected chi connectivity index (χ3v) is 8.04. The first-order valence-electron chi connectivity index (χ1n) is 13.8. The highest BCUT2D eigenvalue weighted by atomic mass is 35.5. The Labute approximate surface area is 227 Å². The molecule has 0 aliphatic carbocycles. The van der Waals surface area contributed by atoms with Crippen molar-refractivity contribution in [3.05, 3.63) is 11.0 Å². The van der Waals surface area contributed by atoms with Crippen LogP contribution in [-0.2, 0) is 4.74 Å². The lowest BCUT2D eigenvalue weighted by Crippen LogP contribution is -2.58. The summed E-state index contributed by atoms with van der Waals surface area (Å²) in [5.74, 6) is -0.0992. The van der Waals surface area contributed by atoms with Gasteiger partial charge in [-0.05, 0) is 45.2 Å². The zero-order valence-electron chi connectivity index (χ0n) is 22.3. The molecule has 1 amide bonds. The molecule has 6 rings (SSSR count). The largest absolute Gasteiger partial charge is 0.461 e. The molecule has 4 aliphatic heterocycles. The van der Waals surface area contributed by atoms with Crippen LogP contribution >= 0.6 is 11.6 Å². The summed E-state index contributed by atoms with van der Waals surface area (Å²) < 4.78 is 32.7. The van der Waals surface area contributed by atoms with Crippen molar-refractivity contribution in [2.24, 2.45) is 0 Å². The number of ether oxygens (including phenoxy) is 3. The van der Waals surface area contributed by atoms with E-state index in [4.69, 9.17) is 30.8 Å². The first-order chi connectivity index (χ1) is 18.5. The highest BCUT2D eigenvalue weighted by molar-refractivity contribution is 6.30.